The van der Waals surface area contributed by atoms with Gasteiger partial charge in [-0.2, -0.15) is 0 Å². The van der Waals surface area contributed by atoms with Crippen LogP contribution in [0.5, 0.6) is 5.75 Å². The minimum atomic E-state index is 0.720. The molecule has 4 aromatic rings. The average molecular weight is 337 g/mol. The minimum absolute atomic E-state index is 0.720. The van der Waals surface area contributed by atoms with Crippen LogP contribution in [0.15, 0.2) is 53.9 Å². The van der Waals surface area contributed by atoms with Crippen molar-refractivity contribution in [2.75, 3.05) is 7.11 Å². The Hall–Kier alpha value is -2.80. The van der Waals surface area contributed by atoms with Gasteiger partial charge in [-0.15, -0.1) is 5.10 Å². The summed E-state index contributed by atoms with van der Waals surface area (Å²) in [6.07, 6.45) is 1.68. The highest BCUT2D eigenvalue weighted by molar-refractivity contribution is 7.98. The van der Waals surface area contributed by atoms with E-state index in [-0.39, 0.29) is 0 Å². The van der Waals surface area contributed by atoms with E-state index in [4.69, 9.17) is 4.74 Å². The number of aromatic nitrogens is 5. The van der Waals surface area contributed by atoms with Crippen LogP contribution in [0.3, 0.4) is 0 Å². The number of hydrogen-bond donors (Lipinski definition) is 2. The molecule has 120 valence electrons. The molecule has 4 rings (SSSR count). The first kappa shape index (κ1) is 14.8. The van der Waals surface area contributed by atoms with Gasteiger partial charge in [-0.3, -0.25) is 5.10 Å². The molecule has 7 heteroatoms. The lowest BCUT2D eigenvalue weighted by molar-refractivity contribution is 0.414. The topological polar surface area (TPSA) is 79.5 Å². The Bertz CT molecular complexity index is 978. The van der Waals surface area contributed by atoms with E-state index in [2.05, 4.69) is 31.2 Å². The third-order valence-corrected chi connectivity index (χ3v) is 4.58. The number of thioether (sulfide) groups is 1. The van der Waals surface area contributed by atoms with Crippen LogP contribution in [-0.4, -0.2) is 32.3 Å². The van der Waals surface area contributed by atoms with Crippen molar-refractivity contribution >= 4 is 22.8 Å². The van der Waals surface area contributed by atoms with E-state index in [0.717, 1.165) is 39.1 Å². The molecule has 2 aromatic carbocycles. The fourth-order valence-corrected chi connectivity index (χ4v) is 3.17. The lowest BCUT2D eigenvalue weighted by atomic mass is 10.2. The molecule has 0 unspecified atom stereocenters. The number of ether oxygens (including phenoxy) is 1. The lowest BCUT2D eigenvalue weighted by Crippen LogP contribution is -1.86. The van der Waals surface area contributed by atoms with Gasteiger partial charge in [0.2, 0.25) is 5.16 Å². The summed E-state index contributed by atoms with van der Waals surface area (Å²) in [5.41, 5.74) is 4.07. The van der Waals surface area contributed by atoms with E-state index < -0.39 is 0 Å². The maximum Gasteiger partial charge on any atom is 0.209 e. The van der Waals surface area contributed by atoms with Gasteiger partial charge in [-0.25, -0.2) is 9.97 Å². The third-order valence-electron chi connectivity index (χ3n) is 3.66. The Balaban J connectivity index is 1.49. The van der Waals surface area contributed by atoms with Crippen LogP contribution in [0.4, 0.5) is 0 Å². The first-order valence-corrected chi connectivity index (χ1v) is 8.42. The van der Waals surface area contributed by atoms with Gasteiger partial charge < -0.3 is 9.72 Å². The molecular formula is C17H15N5OS. The van der Waals surface area contributed by atoms with Gasteiger partial charge in [0.15, 0.2) is 5.82 Å². The van der Waals surface area contributed by atoms with Crippen LogP contribution >= 0.6 is 11.8 Å². The van der Waals surface area contributed by atoms with E-state index in [1.807, 2.05) is 36.4 Å². The molecule has 0 spiro atoms. The number of aromatic amines is 2. The Morgan fingerprint density at radius 3 is 3.04 bits per heavy atom. The zero-order valence-corrected chi connectivity index (χ0v) is 13.8. The third kappa shape index (κ3) is 2.98. The molecule has 2 N–H and O–H groups in total. The molecule has 2 heterocycles. The number of nitrogens with zero attached hydrogens (tertiary/aromatic N) is 3. The highest BCUT2D eigenvalue weighted by atomic mass is 32.2. The Morgan fingerprint density at radius 1 is 1.17 bits per heavy atom. The van der Waals surface area contributed by atoms with Crippen LogP contribution in [0, 0.1) is 0 Å². The number of hydrogen-bond acceptors (Lipinski definition) is 5. The number of fused-ring (bicyclic) bond motifs is 1. The predicted molar refractivity (Wildman–Crippen MR) is 94.0 cm³/mol. The normalized spacial score (nSPS) is 11.0. The first-order chi connectivity index (χ1) is 11.8. The van der Waals surface area contributed by atoms with Crippen molar-refractivity contribution in [1.29, 1.82) is 0 Å². The van der Waals surface area contributed by atoms with Crippen LogP contribution in [0.2, 0.25) is 0 Å². The minimum Gasteiger partial charge on any atom is -0.497 e. The summed E-state index contributed by atoms with van der Waals surface area (Å²) in [7, 11) is 1.67. The first-order valence-electron chi connectivity index (χ1n) is 7.43. The van der Waals surface area contributed by atoms with Crippen molar-refractivity contribution in [2.45, 2.75) is 10.9 Å². The summed E-state index contributed by atoms with van der Waals surface area (Å²) in [4.78, 5) is 11.9. The molecule has 6 nitrogen and oxygen atoms in total. The van der Waals surface area contributed by atoms with E-state index in [0.29, 0.717) is 0 Å². The zero-order chi connectivity index (χ0) is 16.4. The van der Waals surface area contributed by atoms with E-state index >= 15 is 0 Å². The van der Waals surface area contributed by atoms with Crippen molar-refractivity contribution in [3.8, 4) is 17.1 Å². The molecule has 0 radical (unpaired) electrons. The van der Waals surface area contributed by atoms with Crippen LogP contribution < -0.4 is 4.74 Å². The van der Waals surface area contributed by atoms with Crippen LogP contribution in [-0.2, 0) is 5.75 Å². The van der Waals surface area contributed by atoms with Gasteiger partial charge in [-0.05, 0) is 35.9 Å². The van der Waals surface area contributed by atoms with E-state index in [1.54, 1.807) is 25.2 Å². The largest absolute Gasteiger partial charge is 0.497 e. The van der Waals surface area contributed by atoms with Gasteiger partial charge in [0.05, 0.1) is 24.5 Å². The molecule has 2 aromatic heterocycles. The standard InChI is InChI=1S/C17H15N5OS/c1-23-13-4-2-3-11(7-13)9-24-17-20-16(21-22-17)12-5-6-14-15(8-12)19-10-18-14/h2-8,10H,9H2,1H3,(H,18,19)(H,20,21,22). The number of nitrogens with one attached hydrogen (secondary N) is 2. The summed E-state index contributed by atoms with van der Waals surface area (Å²) in [5.74, 6) is 2.39. The second kappa shape index (κ2) is 6.37. The second-order valence-electron chi connectivity index (χ2n) is 5.24. The fraction of sp³-hybridized carbons (Fsp3) is 0.118. The van der Waals surface area contributed by atoms with Crippen molar-refractivity contribution in [1.82, 2.24) is 25.1 Å². The molecule has 0 saturated carbocycles. The fourth-order valence-electron chi connectivity index (χ4n) is 2.43. The molecule has 0 saturated heterocycles. The molecular weight excluding hydrogens is 322 g/mol. The maximum absolute atomic E-state index is 5.24. The highest BCUT2D eigenvalue weighted by Crippen LogP contribution is 2.25. The summed E-state index contributed by atoms with van der Waals surface area (Å²) in [5, 5.41) is 8.00. The zero-order valence-electron chi connectivity index (χ0n) is 13.0. The van der Waals surface area contributed by atoms with Gasteiger partial charge in [0.1, 0.15) is 5.75 Å². The molecule has 0 fully saturated rings. The van der Waals surface area contributed by atoms with E-state index in [1.165, 1.54) is 5.56 Å². The van der Waals surface area contributed by atoms with Crippen LogP contribution in [0.25, 0.3) is 22.4 Å². The second-order valence-corrected chi connectivity index (χ2v) is 6.18. The molecule has 24 heavy (non-hydrogen) atoms. The molecule has 0 atom stereocenters. The number of methoxy groups -OCH3 is 1. The maximum atomic E-state index is 5.24. The monoisotopic (exact) mass is 337 g/mol. The van der Waals surface area contributed by atoms with E-state index in [9.17, 15) is 0 Å². The van der Waals surface area contributed by atoms with Gasteiger partial charge in [0.25, 0.3) is 0 Å². The predicted octanol–water partition coefficient (Wildman–Crippen LogP) is 3.65. The lowest BCUT2D eigenvalue weighted by Gasteiger charge is -2.02. The van der Waals surface area contributed by atoms with Crippen LogP contribution in [0.1, 0.15) is 5.56 Å². The Labute approximate surface area is 142 Å². The van der Waals surface area contributed by atoms with Gasteiger partial charge in [-0.1, -0.05) is 23.9 Å². The highest BCUT2D eigenvalue weighted by Gasteiger charge is 2.08. The molecule has 0 aliphatic carbocycles. The number of rotatable bonds is 5. The number of H-pyrrole nitrogens is 2. The van der Waals surface area contributed by atoms with Crippen molar-refractivity contribution in [3.05, 3.63) is 54.4 Å². The Kier molecular flexibility index (Phi) is 3.92. The SMILES string of the molecule is COc1cccc(CSc2n[nH]c(-c3ccc4nc[nH]c4c3)n2)c1. The quantitative estimate of drug-likeness (QED) is 0.543. The number of benzene rings is 2. The molecule has 0 aliphatic heterocycles. The average Bonchev–Trinajstić information content (AvgIpc) is 3.28. The van der Waals surface area contributed by atoms with Crippen molar-refractivity contribution < 1.29 is 4.74 Å². The molecule has 0 amide bonds. The number of imidazole rings is 1. The van der Waals surface area contributed by atoms with Crippen molar-refractivity contribution in [3.63, 3.8) is 0 Å². The Morgan fingerprint density at radius 2 is 2.12 bits per heavy atom. The molecule has 0 bridgehead atoms. The van der Waals surface area contributed by atoms with Gasteiger partial charge in [0, 0.05) is 11.3 Å². The molecule has 0 aliphatic rings. The smallest absolute Gasteiger partial charge is 0.209 e. The summed E-state index contributed by atoms with van der Waals surface area (Å²) in [6.45, 7) is 0. The summed E-state index contributed by atoms with van der Waals surface area (Å²) in [6, 6.07) is 14.0. The van der Waals surface area contributed by atoms with Crippen molar-refractivity contribution in [2.24, 2.45) is 0 Å². The summed E-state index contributed by atoms with van der Waals surface area (Å²) < 4.78 is 5.24. The van der Waals surface area contributed by atoms with Gasteiger partial charge >= 0.3 is 0 Å². The summed E-state index contributed by atoms with van der Waals surface area (Å²) >= 11 is 1.58.